The molecule has 3 amide bonds. The van der Waals surface area contributed by atoms with Gasteiger partial charge in [-0.15, -0.1) is 0 Å². The summed E-state index contributed by atoms with van der Waals surface area (Å²) in [6.45, 7) is 1.54. The summed E-state index contributed by atoms with van der Waals surface area (Å²) in [5.74, 6) is -1.44. The standard InChI is InChI=1S/C40H46FN5O4/c1-45(38(47)28-50-27-35-9-6-21-43-35)37(26-30-10-14-33(15-11-30)32-7-4-3-5-8-32)40(49)46(2)36(25-31-12-16-34(41)17-13-31)39(48)44-24-20-29-18-22-42-23-19-29/h3-5,7-8,10-19,22-23,35-37,43H,6,9,20-21,24-28H2,1-2H3,(H,44,48)/t35-,36+,37+/m0/s1. The van der Waals surface area contributed by atoms with Gasteiger partial charge in [-0.25, -0.2) is 4.39 Å². The molecule has 10 heteroatoms. The first-order chi connectivity index (χ1) is 24.3. The summed E-state index contributed by atoms with van der Waals surface area (Å²) in [6, 6.07) is 26.0. The van der Waals surface area contributed by atoms with Crippen LogP contribution in [0.5, 0.6) is 0 Å². The Bertz CT molecular complexity index is 1670. The van der Waals surface area contributed by atoms with Crippen molar-refractivity contribution in [1.82, 2.24) is 25.4 Å². The second-order valence-electron chi connectivity index (χ2n) is 12.8. The largest absolute Gasteiger partial charge is 0.370 e. The maximum Gasteiger partial charge on any atom is 0.249 e. The zero-order chi connectivity index (χ0) is 35.3. The zero-order valence-electron chi connectivity index (χ0n) is 28.8. The van der Waals surface area contributed by atoms with E-state index in [2.05, 4.69) is 15.6 Å². The number of pyridine rings is 1. The van der Waals surface area contributed by atoms with E-state index in [9.17, 15) is 18.8 Å². The lowest BCUT2D eigenvalue weighted by Gasteiger charge is -2.34. The minimum absolute atomic E-state index is 0.163. The van der Waals surface area contributed by atoms with Gasteiger partial charge in [-0.2, -0.15) is 0 Å². The molecule has 0 unspecified atom stereocenters. The van der Waals surface area contributed by atoms with Crippen molar-refractivity contribution in [2.45, 2.75) is 50.2 Å². The van der Waals surface area contributed by atoms with Crippen LogP contribution in [0.2, 0.25) is 0 Å². The molecule has 0 radical (unpaired) electrons. The SMILES string of the molecule is CN(C(=O)COC[C@@H]1CCCN1)[C@H](Cc1ccc(-c2ccccc2)cc1)C(=O)N(C)[C@H](Cc1ccc(F)cc1)C(=O)NCCc1ccncc1. The Labute approximate surface area is 293 Å². The molecule has 2 heterocycles. The average molecular weight is 680 g/mol. The van der Waals surface area contributed by atoms with Crippen LogP contribution < -0.4 is 10.6 Å². The van der Waals surface area contributed by atoms with Gasteiger partial charge < -0.3 is 25.2 Å². The lowest BCUT2D eigenvalue weighted by atomic mass is 9.98. The average Bonchev–Trinajstić information content (AvgIpc) is 3.67. The number of rotatable bonds is 16. The molecule has 1 aliphatic heterocycles. The third-order valence-electron chi connectivity index (χ3n) is 9.27. The number of hydrogen-bond acceptors (Lipinski definition) is 6. The smallest absolute Gasteiger partial charge is 0.249 e. The van der Waals surface area contributed by atoms with Crippen LogP contribution in [0.3, 0.4) is 0 Å². The lowest BCUT2D eigenvalue weighted by Crippen LogP contribution is -2.56. The zero-order valence-corrected chi connectivity index (χ0v) is 28.8. The Kier molecular flexibility index (Phi) is 13.2. The third-order valence-corrected chi connectivity index (χ3v) is 9.27. The number of likely N-dealkylation sites (N-methyl/N-ethyl adjacent to an activating group) is 2. The van der Waals surface area contributed by atoms with Crippen LogP contribution in [0.15, 0.2) is 103 Å². The molecule has 0 bridgehead atoms. The number of halogens is 1. The molecular weight excluding hydrogens is 633 g/mol. The van der Waals surface area contributed by atoms with Crippen LogP contribution in [0.1, 0.15) is 29.5 Å². The number of aromatic nitrogens is 1. The van der Waals surface area contributed by atoms with Crippen LogP contribution in [0.25, 0.3) is 11.1 Å². The highest BCUT2D eigenvalue weighted by Crippen LogP contribution is 2.22. The molecule has 1 fully saturated rings. The number of amides is 3. The molecule has 4 aromatic rings. The van der Waals surface area contributed by atoms with Gasteiger partial charge in [-0.05, 0) is 77.9 Å². The van der Waals surface area contributed by atoms with E-state index in [1.165, 1.54) is 21.9 Å². The highest BCUT2D eigenvalue weighted by molar-refractivity contribution is 5.92. The summed E-state index contributed by atoms with van der Waals surface area (Å²) in [5, 5.41) is 6.34. The molecule has 3 aromatic carbocycles. The fraction of sp³-hybridized carbons (Fsp3) is 0.350. The summed E-state index contributed by atoms with van der Waals surface area (Å²) < 4.78 is 19.6. The Hall–Kier alpha value is -4.93. The van der Waals surface area contributed by atoms with E-state index in [0.717, 1.165) is 41.6 Å². The first kappa shape index (κ1) is 36.4. The summed E-state index contributed by atoms with van der Waals surface area (Å²) >= 11 is 0. The van der Waals surface area contributed by atoms with E-state index < -0.39 is 12.1 Å². The van der Waals surface area contributed by atoms with Crippen molar-refractivity contribution in [3.63, 3.8) is 0 Å². The van der Waals surface area contributed by atoms with Gasteiger partial charge in [0.15, 0.2) is 0 Å². The first-order valence-electron chi connectivity index (χ1n) is 17.2. The summed E-state index contributed by atoms with van der Waals surface area (Å²) in [6.07, 6.45) is 6.45. The molecule has 1 aromatic heterocycles. The minimum atomic E-state index is -0.915. The van der Waals surface area contributed by atoms with E-state index in [4.69, 9.17) is 4.74 Å². The van der Waals surface area contributed by atoms with Gasteiger partial charge in [0.25, 0.3) is 0 Å². The molecule has 1 aliphatic rings. The van der Waals surface area contributed by atoms with Gasteiger partial charge in [0.1, 0.15) is 24.5 Å². The molecule has 1 saturated heterocycles. The van der Waals surface area contributed by atoms with Gasteiger partial charge in [0.05, 0.1) is 6.61 Å². The van der Waals surface area contributed by atoms with Crippen molar-refractivity contribution in [1.29, 1.82) is 0 Å². The molecule has 9 nitrogen and oxygen atoms in total. The van der Waals surface area contributed by atoms with Crippen molar-refractivity contribution in [3.05, 3.63) is 126 Å². The van der Waals surface area contributed by atoms with Crippen molar-refractivity contribution in [3.8, 4) is 11.1 Å². The highest BCUT2D eigenvalue weighted by Gasteiger charge is 2.35. The summed E-state index contributed by atoms with van der Waals surface area (Å²) in [4.78, 5) is 48.7. The topological polar surface area (TPSA) is 104 Å². The molecular formula is C40H46FN5O4. The van der Waals surface area contributed by atoms with E-state index in [1.807, 2.05) is 66.7 Å². The molecule has 262 valence electrons. The van der Waals surface area contributed by atoms with Gasteiger partial charge in [0, 0.05) is 51.9 Å². The number of nitrogens with zero attached hydrogens (tertiary/aromatic N) is 3. The lowest BCUT2D eigenvalue weighted by molar-refractivity contribution is -0.149. The fourth-order valence-corrected chi connectivity index (χ4v) is 6.18. The normalized spacial score (nSPS) is 15.2. The summed E-state index contributed by atoms with van der Waals surface area (Å²) in [7, 11) is 3.20. The number of carbonyl (C=O) groups is 3. The Morgan fingerprint density at radius 2 is 1.48 bits per heavy atom. The van der Waals surface area contributed by atoms with Crippen LogP contribution >= 0.6 is 0 Å². The predicted octanol–water partition coefficient (Wildman–Crippen LogP) is 4.45. The molecule has 5 rings (SSSR count). The van der Waals surface area contributed by atoms with E-state index in [-0.39, 0.29) is 49.0 Å². The Morgan fingerprint density at radius 1 is 0.840 bits per heavy atom. The number of hydrogen-bond donors (Lipinski definition) is 2. The molecule has 0 saturated carbocycles. The monoisotopic (exact) mass is 679 g/mol. The molecule has 0 aliphatic carbocycles. The van der Waals surface area contributed by atoms with E-state index in [0.29, 0.717) is 25.1 Å². The van der Waals surface area contributed by atoms with Crippen LogP contribution in [0, 0.1) is 5.82 Å². The van der Waals surface area contributed by atoms with Crippen molar-refractivity contribution >= 4 is 17.7 Å². The van der Waals surface area contributed by atoms with E-state index in [1.54, 1.807) is 38.6 Å². The second kappa shape index (κ2) is 18.2. The molecule has 0 spiro atoms. The second-order valence-corrected chi connectivity index (χ2v) is 12.8. The highest BCUT2D eigenvalue weighted by atomic mass is 19.1. The maximum atomic E-state index is 14.5. The van der Waals surface area contributed by atoms with Crippen molar-refractivity contribution in [2.75, 3.05) is 40.4 Å². The van der Waals surface area contributed by atoms with Crippen molar-refractivity contribution < 1.29 is 23.5 Å². The van der Waals surface area contributed by atoms with Crippen LogP contribution in [-0.2, 0) is 38.4 Å². The Balaban J connectivity index is 1.35. The van der Waals surface area contributed by atoms with Gasteiger partial charge >= 0.3 is 0 Å². The van der Waals surface area contributed by atoms with Gasteiger partial charge in [0.2, 0.25) is 17.7 Å². The molecule has 3 atom stereocenters. The van der Waals surface area contributed by atoms with Gasteiger partial charge in [-0.3, -0.25) is 19.4 Å². The quantitative estimate of drug-likeness (QED) is 0.182. The molecule has 50 heavy (non-hydrogen) atoms. The van der Waals surface area contributed by atoms with Crippen LogP contribution in [-0.4, -0.2) is 91.0 Å². The number of carbonyl (C=O) groups excluding carboxylic acids is 3. The number of ether oxygens (including phenoxy) is 1. The predicted molar refractivity (Wildman–Crippen MR) is 192 cm³/mol. The number of nitrogens with one attached hydrogen (secondary N) is 2. The summed E-state index contributed by atoms with van der Waals surface area (Å²) in [5.41, 5.74) is 4.70. The third kappa shape index (κ3) is 10.3. The van der Waals surface area contributed by atoms with Crippen LogP contribution in [0.4, 0.5) is 4.39 Å². The molecule has 2 N–H and O–H groups in total. The van der Waals surface area contributed by atoms with Gasteiger partial charge in [-0.1, -0.05) is 66.7 Å². The number of benzene rings is 3. The van der Waals surface area contributed by atoms with E-state index >= 15 is 0 Å². The Morgan fingerprint density at radius 3 is 2.14 bits per heavy atom. The van der Waals surface area contributed by atoms with Crippen molar-refractivity contribution in [2.24, 2.45) is 0 Å². The first-order valence-corrected chi connectivity index (χ1v) is 17.2. The minimum Gasteiger partial charge on any atom is -0.370 e. The fourth-order valence-electron chi connectivity index (χ4n) is 6.18. The maximum absolute atomic E-state index is 14.5.